The lowest BCUT2D eigenvalue weighted by molar-refractivity contribution is -0.149. The van der Waals surface area contributed by atoms with E-state index < -0.39 is 18.0 Å². The van der Waals surface area contributed by atoms with Crippen LogP contribution < -0.4 is 10.6 Å². The number of carbonyl (C=O) groups is 3. The van der Waals surface area contributed by atoms with Gasteiger partial charge in [0.2, 0.25) is 0 Å². The van der Waals surface area contributed by atoms with Crippen molar-refractivity contribution < 1.29 is 23.9 Å². The second kappa shape index (κ2) is 9.03. The Morgan fingerprint density at radius 1 is 1.22 bits per heavy atom. The Kier molecular flexibility index (Phi) is 6.49. The molecule has 2 N–H and O–H groups in total. The predicted molar refractivity (Wildman–Crippen MR) is 99.9 cm³/mol. The fourth-order valence-corrected chi connectivity index (χ4v) is 4.23. The fourth-order valence-electron chi connectivity index (χ4n) is 3.45. The van der Waals surface area contributed by atoms with Gasteiger partial charge in [0.15, 0.2) is 0 Å². The summed E-state index contributed by atoms with van der Waals surface area (Å²) in [5.74, 6) is -0.908. The second-order valence-corrected chi connectivity index (χ2v) is 7.58. The molecule has 3 rings (SSSR count). The molecule has 146 valence electrons. The van der Waals surface area contributed by atoms with E-state index in [0.29, 0.717) is 0 Å². The molecule has 1 aromatic heterocycles. The van der Waals surface area contributed by atoms with Crippen LogP contribution in [0.1, 0.15) is 49.9 Å². The molecule has 2 amide bonds. The molecule has 2 aliphatic rings. The highest BCUT2D eigenvalue weighted by molar-refractivity contribution is 7.10. The van der Waals surface area contributed by atoms with E-state index in [-0.39, 0.29) is 36.4 Å². The number of amides is 2. The molecule has 27 heavy (non-hydrogen) atoms. The maximum atomic E-state index is 12.6. The van der Waals surface area contributed by atoms with Crippen LogP contribution in [0.25, 0.3) is 0 Å². The van der Waals surface area contributed by atoms with E-state index in [4.69, 9.17) is 9.47 Å². The number of carbonyl (C=O) groups excluding carboxylic acids is 3. The maximum absolute atomic E-state index is 12.6. The number of ether oxygens (including phenoxy) is 2. The van der Waals surface area contributed by atoms with Gasteiger partial charge in [-0.05, 0) is 31.2 Å². The number of esters is 2. The largest absolute Gasteiger partial charge is 0.463 e. The van der Waals surface area contributed by atoms with Crippen molar-refractivity contribution in [3.63, 3.8) is 0 Å². The molecule has 8 heteroatoms. The number of urea groups is 1. The van der Waals surface area contributed by atoms with Crippen LogP contribution >= 0.6 is 11.3 Å². The predicted octanol–water partition coefficient (Wildman–Crippen LogP) is 3.04. The average Bonchev–Trinajstić information content (AvgIpc) is 3.21. The topological polar surface area (TPSA) is 93.7 Å². The van der Waals surface area contributed by atoms with E-state index in [9.17, 15) is 14.4 Å². The lowest BCUT2D eigenvalue weighted by atomic mass is 9.89. The van der Waals surface area contributed by atoms with E-state index in [0.717, 1.165) is 37.0 Å². The first-order chi connectivity index (χ1) is 13.1. The van der Waals surface area contributed by atoms with Gasteiger partial charge in [-0.1, -0.05) is 25.3 Å². The maximum Gasteiger partial charge on any atom is 0.338 e. The fraction of sp³-hybridized carbons (Fsp3) is 0.526. The summed E-state index contributed by atoms with van der Waals surface area (Å²) in [4.78, 5) is 37.8. The summed E-state index contributed by atoms with van der Waals surface area (Å²) in [6.45, 7) is 1.78. The van der Waals surface area contributed by atoms with Crippen molar-refractivity contribution in [2.24, 2.45) is 5.92 Å². The van der Waals surface area contributed by atoms with Gasteiger partial charge in [-0.15, -0.1) is 11.3 Å². The van der Waals surface area contributed by atoms with Gasteiger partial charge in [-0.25, -0.2) is 9.59 Å². The van der Waals surface area contributed by atoms with Crippen molar-refractivity contribution >= 4 is 29.3 Å². The van der Waals surface area contributed by atoms with Gasteiger partial charge in [-0.2, -0.15) is 0 Å². The smallest absolute Gasteiger partial charge is 0.338 e. The average molecular weight is 392 g/mol. The quantitative estimate of drug-likeness (QED) is 0.726. The molecular formula is C19H24N2O5S. The molecule has 2 heterocycles. The standard InChI is InChI=1S/C19H24N2O5S/c1-2-25-18(23)15-13(11-26-17(22)12-7-4-3-5-8-12)20-19(24)21-16(15)14-9-6-10-27-14/h6,9-10,12,16H,2-5,7-8,11H2,1H3,(H2,20,21,24)/t16-/m0/s1. The number of thiophene rings is 1. The van der Waals surface area contributed by atoms with Crippen molar-refractivity contribution in [2.75, 3.05) is 13.2 Å². The number of hydrogen-bond donors (Lipinski definition) is 2. The normalized spacial score (nSPS) is 20.6. The lowest BCUT2D eigenvalue weighted by Crippen LogP contribution is -2.47. The van der Waals surface area contributed by atoms with Gasteiger partial charge in [-0.3, -0.25) is 4.79 Å². The van der Waals surface area contributed by atoms with Gasteiger partial charge in [0.1, 0.15) is 6.61 Å². The van der Waals surface area contributed by atoms with E-state index in [2.05, 4.69) is 10.6 Å². The Bertz CT molecular complexity index is 722. The third-order valence-electron chi connectivity index (χ3n) is 4.77. The van der Waals surface area contributed by atoms with E-state index in [1.165, 1.54) is 11.3 Å². The summed E-state index contributed by atoms with van der Waals surface area (Å²) in [5.41, 5.74) is 0.551. The van der Waals surface area contributed by atoms with Crippen LogP contribution in [0.5, 0.6) is 0 Å². The highest BCUT2D eigenvalue weighted by atomic mass is 32.1. The van der Waals surface area contributed by atoms with Crippen molar-refractivity contribution in [3.05, 3.63) is 33.7 Å². The molecular weight excluding hydrogens is 368 g/mol. The minimum absolute atomic E-state index is 0.101. The molecule has 0 unspecified atom stereocenters. The lowest BCUT2D eigenvalue weighted by Gasteiger charge is -2.28. The van der Waals surface area contributed by atoms with Crippen molar-refractivity contribution in [3.8, 4) is 0 Å². The minimum atomic E-state index is -0.624. The minimum Gasteiger partial charge on any atom is -0.463 e. The molecule has 0 saturated heterocycles. The third kappa shape index (κ3) is 4.68. The Labute approximate surface area is 162 Å². The zero-order valence-electron chi connectivity index (χ0n) is 15.3. The zero-order chi connectivity index (χ0) is 19.2. The van der Waals surface area contributed by atoms with Crippen LogP contribution in [0.15, 0.2) is 28.8 Å². The SMILES string of the molecule is CCOC(=O)C1=C(COC(=O)C2CCCCC2)NC(=O)N[C@H]1c1cccs1. The summed E-state index contributed by atoms with van der Waals surface area (Å²) in [7, 11) is 0. The highest BCUT2D eigenvalue weighted by Crippen LogP contribution is 2.31. The van der Waals surface area contributed by atoms with Gasteiger partial charge in [0, 0.05) is 4.88 Å². The number of nitrogens with one attached hydrogen (secondary N) is 2. The van der Waals surface area contributed by atoms with E-state index >= 15 is 0 Å². The van der Waals surface area contributed by atoms with Crippen molar-refractivity contribution in [1.29, 1.82) is 0 Å². The second-order valence-electron chi connectivity index (χ2n) is 6.60. The Hall–Kier alpha value is -2.35. The molecule has 0 bridgehead atoms. The van der Waals surface area contributed by atoms with Crippen LogP contribution in [-0.4, -0.2) is 31.2 Å². The van der Waals surface area contributed by atoms with Gasteiger partial charge < -0.3 is 20.1 Å². The molecule has 0 spiro atoms. The van der Waals surface area contributed by atoms with Gasteiger partial charge in [0.05, 0.1) is 29.8 Å². The highest BCUT2D eigenvalue weighted by Gasteiger charge is 2.35. The molecule has 1 aromatic rings. The summed E-state index contributed by atoms with van der Waals surface area (Å²) >= 11 is 1.43. The van der Waals surface area contributed by atoms with Gasteiger partial charge >= 0.3 is 18.0 Å². The summed E-state index contributed by atoms with van der Waals surface area (Å²) in [6.07, 6.45) is 4.85. The van der Waals surface area contributed by atoms with Crippen molar-refractivity contribution in [2.45, 2.75) is 45.1 Å². The molecule has 7 nitrogen and oxygen atoms in total. The molecule has 1 aliphatic carbocycles. The third-order valence-corrected chi connectivity index (χ3v) is 5.71. The van der Waals surface area contributed by atoms with Crippen LogP contribution in [0.4, 0.5) is 4.79 Å². The molecule has 1 fully saturated rings. The van der Waals surface area contributed by atoms with Gasteiger partial charge in [0.25, 0.3) is 0 Å². The number of hydrogen-bond acceptors (Lipinski definition) is 6. The molecule has 1 saturated carbocycles. The monoisotopic (exact) mass is 392 g/mol. The molecule has 1 atom stereocenters. The van der Waals surface area contributed by atoms with E-state index in [1.807, 2.05) is 17.5 Å². The van der Waals surface area contributed by atoms with Crippen LogP contribution in [0.3, 0.4) is 0 Å². The first-order valence-corrected chi connectivity index (χ1v) is 10.2. The summed E-state index contributed by atoms with van der Waals surface area (Å²) in [6, 6.07) is 2.62. The van der Waals surface area contributed by atoms with E-state index in [1.54, 1.807) is 6.92 Å². The Morgan fingerprint density at radius 3 is 2.67 bits per heavy atom. The first-order valence-electron chi connectivity index (χ1n) is 9.27. The molecule has 0 aromatic carbocycles. The first kappa shape index (κ1) is 19.4. The Balaban J connectivity index is 1.82. The van der Waals surface area contributed by atoms with Crippen LogP contribution in [0.2, 0.25) is 0 Å². The summed E-state index contributed by atoms with van der Waals surface area (Å²) in [5, 5.41) is 7.23. The zero-order valence-corrected chi connectivity index (χ0v) is 16.1. The van der Waals surface area contributed by atoms with Crippen LogP contribution in [0, 0.1) is 5.92 Å². The molecule has 0 radical (unpaired) electrons. The van der Waals surface area contributed by atoms with Crippen LogP contribution in [-0.2, 0) is 19.1 Å². The number of rotatable bonds is 6. The molecule has 1 aliphatic heterocycles. The van der Waals surface area contributed by atoms with Crippen molar-refractivity contribution in [1.82, 2.24) is 10.6 Å². The summed E-state index contributed by atoms with van der Waals surface area (Å²) < 4.78 is 10.6. The Morgan fingerprint density at radius 2 is 2.00 bits per heavy atom.